The van der Waals surface area contributed by atoms with Gasteiger partial charge in [-0.05, 0) is 25.5 Å². The van der Waals surface area contributed by atoms with Crippen LogP contribution < -0.4 is 5.32 Å². The number of nitrogens with one attached hydrogen (secondary N) is 1. The van der Waals surface area contributed by atoms with E-state index in [1.807, 2.05) is 11.8 Å². The average molecular weight is 287 g/mol. The van der Waals surface area contributed by atoms with Crippen molar-refractivity contribution in [1.29, 1.82) is 0 Å². The smallest absolute Gasteiger partial charge is 0.130 e. The van der Waals surface area contributed by atoms with Gasteiger partial charge in [0.2, 0.25) is 0 Å². The Morgan fingerprint density at radius 3 is 2.58 bits per heavy atom. The summed E-state index contributed by atoms with van der Waals surface area (Å²) in [7, 11) is 0. The number of thioether (sulfide) groups is 1. The Bertz CT molecular complexity index is 384. The molecule has 0 heterocycles. The van der Waals surface area contributed by atoms with Gasteiger partial charge in [-0.2, -0.15) is 11.8 Å². The van der Waals surface area contributed by atoms with Crippen LogP contribution in [0.15, 0.2) is 18.2 Å². The van der Waals surface area contributed by atoms with Gasteiger partial charge in [0.15, 0.2) is 0 Å². The van der Waals surface area contributed by atoms with Crippen LogP contribution in [-0.4, -0.2) is 17.5 Å². The van der Waals surface area contributed by atoms with Crippen LogP contribution in [0.25, 0.3) is 0 Å². The van der Waals surface area contributed by atoms with Gasteiger partial charge in [0, 0.05) is 28.7 Å². The third kappa shape index (κ3) is 5.49. The topological polar surface area (TPSA) is 12.0 Å². The van der Waals surface area contributed by atoms with Crippen molar-refractivity contribution in [2.24, 2.45) is 0 Å². The summed E-state index contributed by atoms with van der Waals surface area (Å²) in [6.45, 7) is 7.22. The number of hydrogen-bond donors (Lipinski definition) is 1. The molecular formula is C15H23F2NS. The molecule has 19 heavy (non-hydrogen) atoms. The summed E-state index contributed by atoms with van der Waals surface area (Å²) in [5.41, 5.74) is 0.561. The van der Waals surface area contributed by atoms with Gasteiger partial charge in [-0.3, -0.25) is 0 Å². The van der Waals surface area contributed by atoms with Gasteiger partial charge in [-0.15, -0.1) is 0 Å². The lowest BCUT2D eigenvalue weighted by Gasteiger charge is -2.21. The minimum Gasteiger partial charge on any atom is -0.309 e. The first-order valence-corrected chi connectivity index (χ1v) is 7.93. The van der Waals surface area contributed by atoms with E-state index in [4.69, 9.17) is 0 Å². The molecule has 0 aliphatic rings. The van der Waals surface area contributed by atoms with E-state index in [1.54, 1.807) is 6.07 Å². The van der Waals surface area contributed by atoms with Crippen LogP contribution in [0.5, 0.6) is 0 Å². The molecule has 1 nitrogen and oxygen atoms in total. The van der Waals surface area contributed by atoms with Crippen molar-refractivity contribution < 1.29 is 8.78 Å². The molecule has 0 spiro atoms. The summed E-state index contributed by atoms with van der Waals surface area (Å²) in [5.74, 6) is -0.180. The van der Waals surface area contributed by atoms with Crippen LogP contribution in [0.1, 0.15) is 45.2 Å². The summed E-state index contributed by atoms with van der Waals surface area (Å²) < 4.78 is 26.8. The molecule has 0 aliphatic heterocycles. The van der Waals surface area contributed by atoms with Crippen LogP contribution in [0.4, 0.5) is 8.78 Å². The normalized spacial score (nSPS) is 14.4. The summed E-state index contributed by atoms with van der Waals surface area (Å²) in [6, 6.07) is 3.78. The highest BCUT2D eigenvalue weighted by molar-refractivity contribution is 7.99. The van der Waals surface area contributed by atoms with Crippen molar-refractivity contribution in [1.82, 2.24) is 5.32 Å². The standard InChI is InChI=1S/C15H23F2NS/c1-4-8-18-15(10-19-11(3)5-2)13-7-6-12(16)9-14(13)17/h6-7,9,11,15,18H,4-5,8,10H2,1-3H3. The molecule has 0 radical (unpaired) electrons. The maximum Gasteiger partial charge on any atom is 0.130 e. The van der Waals surface area contributed by atoms with Gasteiger partial charge >= 0.3 is 0 Å². The van der Waals surface area contributed by atoms with Gasteiger partial charge in [0.1, 0.15) is 11.6 Å². The van der Waals surface area contributed by atoms with E-state index >= 15 is 0 Å². The summed E-state index contributed by atoms with van der Waals surface area (Å²) in [6.07, 6.45) is 2.09. The highest BCUT2D eigenvalue weighted by atomic mass is 32.2. The Labute approximate surface area is 119 Å². The number of hydrogen-bond acceptors (Lipinski definition) is 2. The number of benzene rings is 1. The third-order valence-corrected chi connectivity index (χ3v) is 4.53. The molecular weight excluding hydrogens is 264 g/mol. The lowest BCUT2D eigenvalue weighted by atomic mass is 10.1. The fourth-order valence-corrected chi connectivity index (χ4v) is 2.79. The van der Waals surface area contributed by atoms with E-state index in [-0.39, 0.29) is 6.04 Å². The van der Waals surface area contributed by atoms with E-state index in [2.05, 4.69) is 26.1 Å². The summed E-state index contributed by atoms with van der Waals surface area (Å²) in [4.78, 5) is 0. The molecule has 0 amide bonds. The zero-order valence-electron chi connectivity index (χ0n) is 11.9. The molecule has 2 unspecified atom stereocenters. The molecule has 0 aliphatic carbocycles. The third-order valence-electron chi connectivity index (χ3n) is 3.10. The summed E-state index contributed by atoms with van der Waals surface area (Å²) >= 11 is 1.82. The molecule has 4 heteroatoms. The highest BCUT2D eigenvalue weighted by Gasteiger charge is 2.16. The molecule has 0 aromatic heterocycles. The van der Waals surface area contributed by atoms with Gasteiger partial charge in [-0.25, -0.2) is 8.78 Å². The van der Waals surface area contributed by atoms with Gasteiger partial charge in [0.05, 0.1) is 0 Å². The van der Waals surface area contributed by atoms with Crippen LogP contribution in [0.2, 0.25) is 0 Å². The summed E-state index contributed by atoms with van der Waals surface area (Å²) in [5, 5.41) is 3.89. The molecule has 1 aromatic carbocycles. The minimum absolute atomic E-state index is 0.0560. The number of rotatable bonds is 8. The van der Waals surface area contributed by atoms with E-state index in [1.165, 1.54) is 6.07 Å². The highest BCUT2D eigenvalue weighted by Crippen LogP contribution is 2.25. The molecule has 0 saturated carbocycles. The zero-order valence-corrected chi connectivity index (χ0v) is 12.7. The fraction of sp³-hybridized carbons (Fsp3) is 0.600. The Morgan fingerprint density at radius 2 is 2.00 bits per heavy atom. The van der Waals surface area contributed by atoms with E-state index < -0.39 is 11.6 Å². The largest absolute Gasteiger partial charge is 0.309 e. The van der Waals surface area contributed by atoms with Crippen molar-refractivity contribution in [2.45, 2.75) is 44.9 Å². The average Bonchev–Trinajstić information content (AvgIpc) is 2.39. The fourth-order valence-electron chi connectivity index (χ4n) is 1.74. The molecule has 1 aromatic rings. The SMILES string of the molecule is CCCNC(CSC(C)CC)c1ccc(F)cc1F. The Balaban J connectivity index is 2.76. The van der Waals surface area contributed by atoms with Crippen molar-refractivity contribution in [3.8, 4) is 0 Å². The second-order valence-corrected chi connectivity index (χ2v) is 6.20. The van der Waals surface area contributed by atoms with E-state index in [0.29, 0.717) is 10.8 Å². The zero-order chi connectivity index (χ0) is 14.3. The Morgan fingerprint density at radius 1 is 1.26 bits per heavy atom. The second-order valence-electron chi connectivity index (χ2n) is 4.72. The van der Waals surface area contributed by atoms with Crippen LogP contribution in [-0.2, 0) is 0 Å². The van der Waals surface area contributed by atoms with Crippen molar-refractivity contribution in [2.75, 3.05) is 12.3 Å². The molecule has 0 bridgehead atoms. The first-order chi connectivity index (χ1) is 9.08. The first kappa shape index (κ1) is 16.4. The van der Waals surface area contributed by atoms with Crippen LogP contribution >= 0.6 is 11.8 Å². The molecule has 0 saturated heterocycles. The second kappa shape index (κ2) is 8.54. The monoisotopic (exact) mass is 287 g/mol. The molecule has 1 rings (SSSR count). The maximum absolute atomic E-state index is 13.8. The Kier molecular flexibility index (Phi) is 7.39. The molecule has 0 fully saturated rings. The van der Waals surface area contributed by atoms with Crippen molar-refractivity contribution >= 4 is 11.8 Å². The predicted octanol–water partition coefficient (Wildman–Crippen LogP) is 4.54. The lowest BCUT2D eigenvalue weighted by Crippen LogP contribution is -2.25. The van der Waals surface area contributed by atoms with Gasteiger partial charge in [0.25, 0.3) is 0 Å². The predicted molar refractivity (Wildman–Crippen MR) is 79.6 cm³/mol. The lowest BCUT2D eigenvalue weighted by molar-refractivity contribution is 0.521. The van der Waals surface area contributed by atoms with Crippen LogP contribution in [0, 0.1) is 11.6 Å². The number of halogens is 2. The maximum atomic E-state index is 13.8. The molecule has 1 N–H and O–H groups in total. The first-order valence-electron chi connectivity index (χ1n) is 6.88. The Hall–Kier alpha value is -0.610. The van der Waals surface area contributed by atoms with E-state index in [9.17, 15) is 8.78 Å². The van der Waals surface area contributed by atoms with Crippen LogP contribution in [0.3, 0.4) is 0 Å². The quantitative estimate of drug-likeness (QED) is 0.753. The van der Waals surface area contributed by atoms with E-state index in [0.717, 1.165) is 31.2 Å². The van der Waals surface area contributed by atoms with Gasteiger partial charge in [-0.1, -0.05) is 26.8 Å². The van der Waals surface area contributed by atoms with Gasteiger partial charge < -0.3 is 5.32 Å². The van der Waals surface area contributed by atoms with Crippen molar-refractivity contribution in [3.63, 3.8) is 0 Å². The molecule has 2 atom stereocenters. The molecule has 108 valence electrons. The minimum atomic E-state index is -0.523. The van der Waals surface area contributed by atoms with Crippen molar-refractivity contribution in [3.05, 3.63) is 35.4 Å².